The molecule has 2 aromatic carbocycles. The largest absolute Gasteiger partial charge is 0.335 e. The molecule has 0 bridgehead atoms. The van der Waals surface area contributed by atoms with Crippen LogP contribution in [0.2, 0.25) is 5.02 Å². The highest BCUT2D eigenvalue weighted by molar-refractivity contribution is 6.34. The van der Waals surface area contributed by atoms with Gasteiger partial charge in [-0.05, 0) is 30.3 Å². The summed E-state index contributed by atoms with van der Waals surface area (Å²) in [4.78, 5) is 39.5. The van der Waals surface area contributed by atoms with Crippen LogP contribution in [0.25, 0.3) is 0 Å². The minimum atomic E-state index is -0.277. The Morgan fingerprint density at radius 1 is 0.893 bits per heavy atom. The van der Waals surface area contributed by atoms with Crippen molar-refractivity contribution in [3.63, 3.8) is 0 Å². The van der Waals surface area contributed by atoms with E-state index in [2.05, 4.69) is 10.6 Å². The van der Waals surface area contributed by atoms with Gasteiger partial charge in [-0.3, -0.25) is 9.59 Å². The summed E-state index contributed by atoms with van der Waals surface area (Å²) in [6, 6.07) is 13.7. The Labute approximate surface area is 168 Å². The summed E-state index contributed by atoms with van der Waals surface area (Å²) in [5.74, 6) is -0.229. The summed E-state index contributed by atoms with van der Waals surface area (Å²) >= 11 is 6.19. The summed E-state index contributed by atoms with van der Waals surface area (Å²) < 4.78 is 0. The highest BCUT2D eigenvalue weighted by Crippen LogP contribution is 2.26. The van der Waals surface area contributed by atoms with E-state index < -0.39 is 0 Å². The van der Waals surface area contributed by atoms with Crippen LogP contribution in [0, 0.1) is 0 Å². The lowest BCUT2D eigenvalue weighted by molar-refractivity contribution is -0.114. The first-order chi connectivity index (χ1) is 13.4. The first-order valence-corrected chi connectivity index (χ1v) is 9.29. The van der Waals surface area contributed by atoms with Crippen LogP contribution >= 0.6 is 11.6 Å². The number of rotatable bonds is 3. The van der Waals surface area contributed by atoms with Crippen molar-refractivity contribution in [2.24, 2.45) is 0 Å². The molecule has 0 saturated carbocycles. The molecule has 3 rings (SSSR count). The SMILES string of the molecule is CC(=O)Nc1ccc(NC(=O)N2CCN(C(=O)c3ccccc3)CC2)c(Cl)c1. The van der Waals surface area contributed by atoms with Gasteiger partial charge in [-0.1, -0.05) is 29.8 Å². The van der Waals surface area contributed by atoms with Crippen LogP contribution in [0.1, 0.15) is 17.3 Å². The van der Waals surface area contributed by atoms with Gasteiger partial charge in [0.1, 0.15) is 0 Å². The highest BCUT2D eigenvalue weighted by atomic mass is 35.5. The van der Waals surface area contributed by atoms with Crippen molar-refractivity contribution in [3.8, 4) is 0 Å². The number of hydrogen-bond acceptors (Lipinski definition) is 3. The molecule has 0 atom stereocenters. The number of hydrogen-bond donors (Lipinski definition) is 2. The van der Waals surface area contributed by atoms with Crippen molar-refractivity contribution < 1.29 is 14.4 Å². The lowest BCUT2D eigenvalue weighted by Gasteiger charge is -2.34. The van der Waals surface area contributed by atoms with Gasteiger partial charge in [0, 0.05) is 44.4 Å². The fraction of sp³-hybridized carbons (Fsp3) is 0.250. The third-order valence-corrected chi connectivity index (χ3v) is 4.72. The van der Waals surface area contributed by atoms with Gasteiger partial charge in [0.15, 0.2) is 0 Å². The molecule has 146 valence electrons. The summed E-state index contributed by atoms with van der Waals surface area (Å²) in [6.45, 7) is 3.22. The van der Waals surface area contributed by atoms with E-state index in [1.165, 1.54) is 6.92 Å². The minimum absolute atomic E-state index is 0.0303. The van der Waals surface area contributed by atoms with Crippen molar-refractivity contribution >= 4 is 40.8 Å². The zero-order valence-corrected chi connectivity index (χ0v) is 16.2. The minimum Gasteiger partial charge on any atom is -0.335 e. The average molecular weight is 401 g/mol. The smallest absolute Gasteiger partial charge is 0.322 e. The predicted molar refractivity (Wildman–Crippen MR) is 109 cm³/mol. The Hall–Kier alpha value is -3.06. The van der Waals surface area contributed by atoms with Gasteiger partial charge >= 0.3 is 6.03 Å². The molecule has 1 fully saturated rings. The van der Waals surface area contributed by atoms with E-state index in [0.717, 1.165) is 0 Å². The number of nitrogens with one attached hydrogen (secondary N) is 2. The lowest BCUT2D eigenvalue weighted by Crippen LogP contribution is -2.51. The maximum Gasteiger partial charge on any atom is 0.322 e. The van der Waals surface area contributed by atoms with E-state index in [1.807, 2.05) is 18.2 Å². The molecule has 0 spiro atoms. The van der Waals surface area contributed by atoms with Crippen LogP contribution in [0.5, 0.6) is 0 Å². The van der Waals surface area contributed by atoms with Crippen molar-refractivity contribution in [2.75, 3.05) is 36.8 Å². The fourth-order valence-electron chi connectivity index (χ4n) is 2.97. The second-order valence-corrected chi connectivity index (χ2v) is 6.86. The Morgan fingerprint density at radius 3 is 2.14 bits per heavy atom. The first-order valence-electron chi connectivity index (χ1n) is 8.91. The molecule has 7 nitrogen and oxygen atoms in total. The van der Waals surface area contributed by atoms with E-state index in [0.29, 0.717) is 48.1 Å². The number of carbonyl (C=O) groups excluding carboxylic acids is 3. The summed E-state index contributed by atoms with van der Waals surface area (Å²) in [6.07, 6.45) is 0. The molecule has 1 aliphatic heterocycles. The number of nitrogens with zero attached hydrogens (tertiary/aromatic N) is 2. The number of benzene rings is 2. The molecule has 0 aromatic heterocycles. The summed E-state index contributed by atoms with van der Waals surface area (Å²) in [7, 11) is 0. The van der Waals surface area contributed by atoms with Gasteiger partial charge in [-0.25, -0.2) is 4.79 Å². The van der Waals surface area contributed by atoms with E-state index in [-0.39, 0.29) is 17.8 Å². The maximum atomic E-state index is 12.5. The number of anilines is 2. The second-order valence-electron chi connectivity index (χ2n) is 6.45. The van der Waals surface area contributed by atoms with E-state index >= 15 is 0 Å². The summed E-state index contributed by atoms with van der Waals surface area (Å²) in [5, 5.41) is 5.74. The number of halogens is 1. The van der Waals surface area contributed by atoms with Gasteiger partial charge in [-0.2, -0.15) is 0 Å². The molecule has 4 amide bonds. The molecule has 28 heavy (non-hydrogen) atoms. The number of urea groups is 1. The molecule has 8 heteroatoms. The van der Waals surface area contributed by atoms with Crippen LogP contribution in [0.15, 0.2) is 48.5 Å². The molecular formula is C20H21ClN4O3. The maximum absolute atomic E-state index is 12.5. The van der Waals surface area contributed by atoms with E-state index in [1.54, 1.807) is 40.1 Å². The zero-order chi connectivity index (χ0) is 20.1. The van der Waals surface area contributed by atoms with Gasteiger partial charge in [-0.15, -0.1) is 0 Å². The normalized spacial score (nSPS) is 13.8. The molecule has 1 heterocycles. The molecule has 1 saturated heterocycles. The molecule has 0 radical (unpaired) electrons. The predicted octanol–water partition coefficient (Wildman–Crippen LogP) is 3.29. The number of amides is 4. The van der Waals surface area contributed by atoms with E-state index in [9.17, 15) is 14.4 Å². The molecule has 2 aromatic rings. The topological polar surface area (TPSA) is 81.8 Å². The van der Waals surface area contributed by atoms with Gasteiger partial charge in [0.05, 0.1) is 10.7 Å². The quantitative estimate of drug-likeness (QED) is 0.829. The number of piperazine rings is 1. The van der Waals surface area contributed by atoms with E-state index in [4.69, 9.17) is 11.6 Å². The zero-order valence-electron chi connectivity index (χ0n) is 15.4. The fourth-order valence-corrected chi connectivity index (χ4v) is 3.20. The first kappa shape index (κ1) is 19.7. The molecule has 0 aliphatic carbocycles. The molecule has 0 unspecified atom stereocenters. The van der Waals surface area contributed by atoms with Crippen LogP contribution in [0.3, 0.4) is 0 Å². The Kier molecular flexibility index (Phi) is 6.16. The Balaban J connectivity index is 1.55. The van der Waals surface area contributed by atoms with Gasteiger partial charge < -0.3 is 20.4 Å². The third-order valence-electron chi connectivity index (χ3n) is 4.41. The Bertz CT molecular complexity index is 880. The number of carbonyl (C=O) groups is 3. The van der Waals surface area contributed by atoms with Crippen LogP contribution in [-0.4, -0.2) is 53.8 Å². The van der Waals surface area contributed by atoms with Crippen LogP contribution < -0.4 is 10.6 Å². The standard InChI is InChI=1S/C20H21ClN4O3/c1-14(26)22-16-7-8-18(17(21)13-16)23-20(28)25-11-9-24(10-12-25)19(27)15-5-3-2-4-6-15/h2-8,13H,9-12H2,1H3,(H,22,26)(H,23,28). The Morgan fingerprint density at radius 2 is 1.54 bits per heavy atom. The van der Waals surface area contributed by atoms with Crippen LogP contribution in [0.4, 0.5) is 16.2 Å². The van der Waals surface area contributed by atoms with Gasteiger partial charge in [0.2, 0.25) is 5.91 Å². The van der Waals surface area contributed by atoms with Crippen molar-refractivity contribution in [2.45, 2.75) is 6.92 Å². The third kappa shape index (κ3) is 4.80. The van der Waals surface area contributed by atoms with Gasteiger partial charge in [0.25, 0.3) is 5.91 Å². The van der Waals surface area contributed by atoms with Crippen molar-refractivity contribution in [1.29, 1.82) is 0 Å². The summed E-state index contributed by atoms with van der Waals surface area (Å²) in [5.41, 5.74) is 1.67. The highest BCUT2D eigenvalue weighted by Gasteiger charge is 2.25. The molecule has 2 N–H and O–H groups in total. The van der Waals surface area contributed by atoms with Crippen molar-refractivity contribution in [3.05, 3.63) is 59.1 Å². The van der Waals surface area contributed by atoms with Crippen LogP contribution in [-0.2, 0) is 4.79 Å². The lowest BCUT2D eigenvalue weighted by atomic mass is 10.2. The molecule has 1 aliphatic rings. The second kappa shape index (κ2) is 8.75. The average Bonchev–Trinajstić information content (AvgIpc) is 2.70. The van der Waals surface area contributed by atoms with Crippen molar-refractivity contribution in [1.82, 2.24) is 9.80 Å². The monoisotopic (exact) mass is 400 g/mol. The molecular weight excluding hydrogens is 380 g/mol.